The molecular formula is C19H23NO3S. The monoisotopic (exact) mass is 345 g/mol. The van der Waals surface area contributed by atoms with Gasteiger partial charge in [0, 0.05) is 30.1 Å². The Morgan fingerprint density at radius 2 is 2.00 bits per heavy atom. The first-order valence-electron chi connectivity index (χ1n) is 8.31. The van der Waals surface area contributed by atoms with Crippen molar-refractivity contribution in [3.05, 3.63) is 52.7 Å². The lowest BCUT2D eigenvalue weighted by molar-refractivity contribution is -0.127. The number of ether oxygens (including phenoxy) is 2. The molecule has 1 aromatic carbocycles. The number of rotatable bonds is 6. The first-order chi connectivity index (χ1) is 11.7. The van der Waals surface area contributed by atoms with E-state index in [4.69, 9.17) is 9.47 Å². The Kier molecular flexibility index (Phi) is 5.53. The molecule has 128 valence electrons. The molecule has 1 aliphatic heterocycles. The molecule has 0 aliphatic carbocycles. The first kappa shape index (κ1) is 17.0. The third kappa shape index (κ3) is 3.97. The molecule has 1 aliphatic rings. The minimum absolute atomic E-state index is 0.0193. The Morgan fingerprint density at radius 3 is 2.67 bits per heavy atom. The molecule has 0 spiro atoms. The van der Waals surface area contributed by atoms with E-state index in [1.54, 1.807) is 18.3 Å². The number of nitrogens with one attached hydrogen (secondary N) is 1. The summed E-state index contributed by atoms with van der Waals surface area (Å²) >= 11 is 1.75. The Balaban J connectivity index is 1.61. The molecule has 0 bridgehead atoms. The molecule has 1 amide bonds. The van der Waals surface area contributed by atoms with E-state index in [9.17, 15) is 4.79 Å². The summed E-state index contributed by atoms with van der Waals surface area (Å²) < 4.78 is 11.2. The quantitative estimate of drug-likeness (QED) is 0.873. The van der Waals surface area contributed by atoms with Crippen LogP contribution in [0.2, 0.25) is 0 Å². The molecule has 24 heavy (non-hydrogen) atoms. The summed E-state index contributed by atoms with van der Waals surface area (Å²) in [5.41, 5.74) is -0.0193. The fourth-order valence-corrected chi connectivity index (χ4v) is 4.00. The SMILES string of the molecule is C[C@@H](Oc1ccccc1)C(=O)NCC1(c2cccs2)CCOCC1. The fourth-order valence-electron chi connectivity index (χ4n) is 3.01. The summed E-state index contributed by atoms with van der Waals surface area (Å²) in [5, 5.41) is 5.18. The molecule has 1 aromatic heterocycles. The zero-order valence-electron chi connectivity index (χ0n) is 13.9. The standard InChI is InChI=1S/C19H23NO3S/c1-15(23-16-6-3-2-4-7-16)18(21)20-14-19(9-11-22-12-10-19)17-8-5-13-24-17/h2-8,13,15H,9-12,14H2,1H3,(H,20,21)/t15-/m1/s1. The van der Waals surface area contributed by atoms with Gasteiger partial charge in [0.15, 0.2) is 6.10 Å². The van der Waals surface area contributed by atoms with Gasteiger partial charge in [-0.05, 0) is 43.3 Å². The van der Waals surface area contributed by atoms with Crippen LogP contribution >= 0.6 is 11.3 Å². The van der Waals surface area contributed by atoms with Crippen LogP contribution in [0.15, 0.2) is 47.8 Å². The zero-order valence-corrected chi connectivity index (χ0v) is 14.7. The van der Waals surface area contributed by atoms with Gasteiger partial charge in [0.1, 0.15) is 5.75 Å². The smallest absolute Gasteiger partial charge is 0.260 e. The van der Waals surface area contributed by atoms with Gasteiger partial charge in [0.25, 0.3) is 5.91 Å². The van der Waals surface area contributed by atoms with E-state index < -0.39 is 6.10 Å². The van der Waals surface area contributed by atoms with Crippen molar-refractivity contribution in [1.82, 2.24) is 5.32 Å². The molecule has 0 saturated carbocycles. The maximum atomic E-state index is 12.4. The number of hydrogen-bond donors (Lipinski definition) is 1. The average Bonchev–Trinajstić information content (AvgIpc) is 3.17. The normalized spacial score (nSPS) is 17.9. The summed E-state index contributed by atoms with van der Waals surface area (Å²) in [7, 11) is 0. The van der Waals surface area contributed by atoms with Gasteiger partial charge in [0.05, 0.1) is 0 Å². The molecule has 1 atom stereocenters. The van der Waals surface area contributed by atoms with E-state index in [-0.39, 0.29) is 11.3 Å². The predicted octanol–water partition coefficient (Wildman–Crippen LogP) is 3.38. The van der Waals surface area contributed by atoms with Gasteiger partial charge in [-0.2, -0.15) is 0 Å². The van der Waals surface area contributed by atoms with Crippen LogP contribution in [0.25, 0.3) is 0 Å². The number of carbonyl (C=O) groups excluding carboxylic acids is 1. The van der Waals surface area contributed by atoms with Crippen molar-refractivity contribution in [2.45, 2.75) is 31.3 Å². The lowest BCUT2D eigenvalue weighted by Crippen LogP contribution is -2.47. The number of thiophene rings is 1. The molecular weight excluding hydrogens is 322 g/mol. The first-order valence-corrected chi connectivity index (χ1v) is 9.19. The highest BCUT2D eigenvalue weighted by atomic mass is 32.1. The van der Waals surface area contributed by atoms with Gasteiger partial charge in [0.2, 0.25) is 0 Å². The van der Waals surface area contributed by atoms with Crippen molar-refractivity contribution < 1.29 is 14.3 Å². The molecule has 1 saturated heterocycles. The van der Waals surface area contributed by atoms with E-state index in [0.29, 0.717) is 12.3 Å². The van der Waals surface area contributed by atoms with Crippen LogP contribution in [-0.2, 0) is 14.9 Å². The van der Waals surface area contributed by atoms with Gasteiger partial charge in [-0.25, -0.2) is 0 Å². The second-order valence-corrected chi connectivity index (χ2v) is 7.11. The number of amides is 1. The summed E-state index contributed by atoms with van der Waals surface area (Å²) in [6, 6.07) is 13.7. The molecule has 0 radical (unpaired) electrons. The zero-order chi connectivity index (χ0) is 16.8. The number of benzene rings is 1. The lowest BCUT2D eigenvalue weighted by Gasteiger charge is -2.36. The van der Waals surface area contributed by atoms with E-state index >= 15 is 0 Å². The maximum absolute atomic E-state index is 12.4. The van der Waals surface area contributed by atoms with E-state index in [0.717, 1.165) is 26.1 Å². The second-order valence-electron chi connectivity index (χ2n) is 6.16. The van der Waals surface area contributed by atoms with Crippen LogP contribution in [0.5, 0.6) is 5.75 Å². The van der Waals surface area contributed by atoms with Crippen LogP contribution in [0.1, 0.15) is 24.6 Å². The fraction of sp³-hybridized carbons (Fsp3) is 0.421. The highest BCUT2D eigenvalue weighted by Gasteiger charge is 2.36. The summed E-state index contributed by atoms with van der Waals surface area (Å²) in [6.45, 7) is 3.88. The minimum atomic E-state index is -0.521. The molecule has 2 heterocycles. The van der Waals surface area contributed by atoms with Crippen molar-refractivity contribution in [3.8, 4) is 5.75 Å². The van der Waals surface area contributed by atoms with Crippen molar-refractivity contribution in [2.24, 2.45) is 0 Å². The minimum Gasteiger partial charge on any atom is -0.481 e. The summed E-state index contributed by atoms with van der Waals surface area (Å²) in [4.78, 5) is 13.8. The van der Waals surface area contributed by atoms with Gasteiger partial charge in [-0.3, -0.25) is 4.79 Å². The molecule has 4 nitrogen and oxygen atoms in total. The van der Waals surface area contributed by atoms with E-state index in [1.807, 2.05) is 30.3 Å². The largest absolute Gasteiger partial charge is 0.481 e. The number of carbonyl (C=O) groups is 1. The molecule has 1 N–H and O–H groups in total. The van der Waals surface area contributed by atoms with Gasteiger partial charge >= 0.3 is 0 Å². The summed E-state index contributed by atoms with van der Waals surface area (Å²) in [5.74, 6) is 0.625. The number of para-hydroxylation sites is 1. The number of hydrogen-bond acceptors (Lipinski definition) is 4. The van der Waals surface area contributed by atoms with Crippen LogP contribution in [0.3, 0.4) is 0 Å². The van der Waals surface area contributed by atoms with Crippen LogP contribution < -0.4 is 10.1 Å². The summed E-state index contributed by atoms with van der Waals surface area (Å²) in [6.07, 6.45) is 1.34. The highest BCUT2D eigenvalue weighted by molar-refractivity contribution is 7.10. The lowest BCUT2D eigenvalue weighted by atomic mass is 9.78. The Bertz CT molecular complexity index is 636. The predicted molar refractivity (Wildman–Crippen MR) is 95.6 cm³/mol. The van der Waals surface area contributed by atoms with Crippen LogP contribution in [-0.4, -0.2) is 31.8 Å². The van der Waals surface area contributed by atoms with E-state index in [1.165, 1.54) is 4.88 Å². The van der Waals surface area contributed by atoms with Gasteiger partial charge in [-0.1, -0.05) is 24.3 Å². The molecule has 5 heteroatoms. The Hall–Kier alpha value is -1.85. The molecule has 0 unspecified atom stereocenters. The van der Waals surface area contributed by atoms with Gasteiger partial charge in [-0.15, -0.1) is 11.3 Å². The second kappa shape index (κ2) is 7.81. The van der Waals surface area contributed by atoms with Crippen molar-refractivity contribution in [1.29, 1.82) is 0 Å². The van der Waals surface area contributed by atoms with Crippen molar-refractivity contribution >= 4 is 17.2 Å². The topological polar surface area (TPSA) is 47.6 Å². The maximum Gasteiger partial charge on any atom is 0.260 e. The molecule has 2 aromatic rings. The van der Waals surface area contributed by atoms with Gasteiger partial charge < -0.3 is 14.8 Å². The van der Waals surface area contributed by atoms with Crippen molar-refractivity contribution in [2.75, 3.05) is 19.8 Å². The van der Waals surface area contributed by atoms with Crippen molar-refractivity contribution in [3.63, 3.8) is 0 Å². The van der Waals surface area contributed by atoms with Crippen LogP contribution in [0.4, 0.5) is 0 Å². The Morgan fingerprint density at radius 1 is 1.25 bits per heavy atom. The Labute approximate surface area is 146 Å². The third-order valence-electron chi connectivity index (χ3n) is 4.52. The van der Waals surface area contributed by atoms with E-state index in [2.05, 4.69) is 22.8 Å². The third-order valence-corrected chi connectivity index (χ3v) is 5.64. The molecule has 3 rings (SSSR count). The molecule has 1 fully saturated rings. The highest BCUT2D eigenvalue weighted by Crippen LogP contribution is 2.37. The average molecular weight is 345 g/mol. The van der Waals surface area contributed by atoms with Crippen LogP contribution in [0, 0.1) is 0 Å².